The Morgan fingerprint density at radius 2 is 1.42 bits per heavy atom. The molecule has 1 unspecified atom stereocenters. The maximum Gasteiger partial charge on any atom is 0.278 e. The third kappa shape index (κ3) is 4.30. The van der Waals surface area contributed by atoms with E-state index in [-0.39, 0.29) is 30.8 Å². The van der Waals surface area contributed by atoms with Gasteiger partial charge in [-0.25, -0.2) is 5.06 Å². The Kier molecular flexibility index (Phi) is 6.54. The summed E-state index contributed by atoms with van der Waals surface area (Å²) < 4.78 is 1.61. The van der Waals surface area contributed by atoms with Gasteiger partial charge in [0.15, 0.2) is 11.4 Å². The minimum atomic E-state index is -0.722. The maximum absolute atomic E-state index is 14.2. The fourth-order valence-corrected chi connectivity index (χ4v) is 6.74. The molecular weight excluding hydrogens is 544 g/mol. The van der Waals surface area contributed by atoms with E-state index in [0.29, 0.717) is 5.56 Å². The monoisotopic (exact) mass is 576 g/mol. The SMILES string of the molecule is CC(C)N1C(=O)c2c(O)c(=O)ccn2N(C2c3ccccc3CCc3ccccc32)C1CN1OCc2ccccc2C1=O. The van der Waals surface area contributed by atoms with Crippen molar-refractivity contribution < 1.29 is 19.5 Å². The minimum absolute atomic E-state index is 0.0320. The molecule has 43 heavy (non-hydrogen) atoms. The van der Waals surface area contributed by atoms with Crippen molar-refractivity contribution in [1.82, 2.24) is 14.6 Å². The molecule has 1 N–H and O–H groups in total. The topological polar surface area (TPSA) is 95.3 Å². The number of benzene rings is 3. The first-order chi connectivity index (χ1) is 20.8. The van der Waals surface area contributed by atoms with Crippen LogP contribution in [0.2, 0.25) is 0 Å². The third-order valence-corrected chi connectivity index (χ3v) is 8.73. The van der Waals surface area contributed by atoms with Gasteiger partial charge < -0.3 is 10.0 Å². The highest BCUT2D eigenvalue weighted by Gasteiger charge is 2.47. The summed E-state index contributed by atoms with van der Waals surface area (Å²) in [5.41, 5.74) is 5.07. The Labute approximate surface area is 249 Å². The zero-order valence-electron chi connectivity index (χ0n) is 24.0. The smallest absolute Gasteiger partial charge is 0.278 e. The van der Waals surface area contributed by atoms with Gasteiger partial charge in [-0.3, -0.25) is 28.9 Å². The number of pyridine rings is 1. The molecule has 9 heteroatoms. The largest absolute Gasteiger partial charge is 0.502 e. The van der Waals surface area contributed by atoms with E-state index in [9.17, 15) is 19.5 Å². The maximum atomic E-state index is 14.2. The summed E-state index contributed by atoms with van der Waals surface area (Å²) in [6, 6.07) is 24.4. The molecule has 4 aromatic rings. The van der Waals surface area contributed by atoms with Gasteiger partial charge in [-0.15, -0.1) is 0 Å². The molecule has 2 amide bonds. The third-order valence-electron chi connectivity index (χ3n) is 8.73. The number of nitrogens with zero attached hydrogens (tertiary/aromatic N) is 4. The molecular formula is C34H32N4O5. The molecule has 218 valence electrons. The highest BCUT2D eigenvalue weighted by molar-refractivity contribution is 5.97. The Morgan fingerprint density at radius 3 is 2.07 bits per heavy atom. The summed E-state index contributed by atoms with van der Waals surface area (Å²) in [5.74, 6) is -1.38. The second-order valence-corrected chi connectivity index (χ2v) is 11.5. The summed E-state index contributed by atoms with van der Waals surface area (Å²) in [5, 5.41) is 14.4. The molecule has 0 spiro atoms. The first-order valence-corrected chi connectivity index (χ1v) is 14.6. The van der Waals surface area contributed by atoms with E-state index < -0.39 is 29.3 Å². The lowest BCUT2D eigenvalue weighted by Crippen LogP contribution is -2.67. The molecule has 0 radical (unpaired) electrons. The van der Waals surface area contributed by atoms with Gasteiger partial charge in [-0.2, -0.15) is 0 Å². The van der Waals surface area contributed by atoms with Gasteiger partial charge in [-0.1, -0.05) is 66.7 Å². The number of carbonyl (C=O) groups excluding carboxylic acids is 2. The van der Waals surface area contributed by atoms with E-state index in [0.717, 1.165) is 29.5 Å². The number of carbonyl (C=O) groups is 2. The average molecular weight is 577 g/mol. The predicted molar refractivity (Wildman–Crippen MR) is 160 cm³/mol. The Morgan fingerprint density at radius 1 is 0.814 bits per heavy atom. The lowest BCUT2D eigenvalue weighted by atomic mass is 9.93. The molecule has 0 saturated heterocycles. The van der Waals surface area contributed by atoms with Crippen LogP contribution in [0.4, 0.5) is 0 Å². The molecule has 1 aliphatic carbocycles. The molecule has 1 atom stereocenters. The van der Waals surface area contributed by atoms with Gasteiger partial charge in [0.05, 0.1) is 12.6 Å². The van der Waals surface area contributed by atoms with Crippen molar-refractivity contribution in [2.75, 3.05) is 11.6 Å². The van der Waals surface area contributed by atoms with Crippen LogP contribution in [0.15, 0.2) is 89.9 Å². The lowest BCUT2D eigenvalue weighted by molar-refractivity contribution is -0.150. The van der Waals surface area contributed by atoms with Crippen molar-refractivity contribution in [3.63, 3.8) is 0 Å². The van der Waals surface area contributed by atoms with E-state index in [1.54, 1.807) is 21.8 Å². The Bertz CT molecular complexity index is 1770. The number of fused-ring (bicyclic) bond motifs is 4. The van der Waals surface area contributed by atoms with Crippen molar-refractivity contribution in [2.45, 2.75) is 51.5 Å². The molecule has 3 aliphatic rings. The molecule has 3 aromatic carbocycles. The standard InChI is InChI=1S/C34H32N4O5/c1-21(2)37-29(19-36-33(41)27-14-8-5-11-24(27)20-43-36)38(35-18-17-28(39)32(40)31(35)34(37)42)30-25-12-6-3-9-22(25)15-16-23-10-4-7-13-26(23)30/h3-14,17-18,21,29-30,40H,15-16,19-20H2,1-2H3. The summed E-state index contributed by atoms with van der Waals surface area (Å²) in [4.78, 5) is 48.2. The van der Waals surface area contributed by atoms with Crippen molar-refractivity contribution in [3.8, 4) is 5.75 Å². The van der Waals surface area contributed by atoms with Gasteiger partial charge >= 0.3 is 0 Å². The van der Waals surface area contributed by atoms with Crippen LogP contribution in [0, 0.1) is 0 Å². The highest BCUT2D eigenvalue weighted by atomic mass is 16.7. The zero-order chi connectivity index (χ0) is 29.8. The first-order valence-electron chi connectivity index (χ1n) is 14.6. The molecule has 7 rings (SSSR count). The second-order valence-electron chi connectivity index (χ2n) is 11.5. The highest BCUT2D eigenvalue weighted by Crippen LogP contribution is 2.40. The van der Waals surface area contributed by atoms with Crippen LogP contribution >= 0.6 is 0 Å². The van der Waals surface area contributed by atoms with E-state index in [1.165, 1.54) is 22.3 Å². The zero-order valence-corrected chi connectivity index (χ0v) is 24.0. The van der Waals surface area contributed by atoms with Crippen LogP contribution in [0.1, 0.15) is 68.6 Å². The van der Waals surface area contributed by atoms with Crippen molar-refractivity contribution in [2.24, 2.45) is 0 Å². The molecule has 0 fully saturated rings. The van der Waals surface area contributed by atoms with E-state index in [4.69, 9.17) is 4.84 Å². The van der Waals surface area contributed by atoms with Gasteiger partial charge in [0, 0.05) is 23.9 Å². The normalized spacial score (nSPS) is 18.2. The van der Waals surface area contributed by atoms with E-state index in [2.05, 4.69) is 24.3 Å². The van der Waals surface area contributed by atoms with Crippen molar-refractivity contribution in [1.29, 1.82) is 0 Å². The Hall–Kier alpha value is -4.89. The number of aromatic hydroxyl groups is 1. The number of aromatic nitrogens is 1. The van der Waals surface area contributed by atoms with Gasteiger partial charge in [-0.05, 0) is 60.6 Å². The summed E-state index contributed by atoms with van der Waals surface area (Å²) in [6.07, 6.45) is 2.49. The minimum Gasteiger partial charge on any atom is -0.502 e. The first kappa shape index (κ1) is 27.0. The van der Waals surface area contributed by atoms with Crippen LogP contribution < -0.4 is 10.4 Å². The molecule has 0 bridgehead atoms. The number of amides is 2. The number of hydrogen-bond donors (Lipinski definition) is 1. The molecule has 1 aromatic heterocycles. The number of hydroxylamine groups is 2. The average Bonchev–Trinajstić information content (AvgIpc) is 3.17. The molecule has 2 aliphatic heterocycles. The number of hydrogen-bond acceptors (Lipinski definition) is 6. The summed E-state index contributed by atoms with van der Waals surface area (Å²) >= 11 is 0. The summed E-state index contributed by atoms with van der Waals surface area (Å²) in [6.45, 7) is 4.04. The van der Waals surface area contributed by atoms with E-state index in [1.807, 2.05) is 61.3 Å². The van der Waals surface area contributed by atoms with Crippen LogP contribution in [0.5, 0.6) is 5.75 Å². The van der Waals surface area contributed by atoms with Gasteiger partial charge in [0.2, 0.25) is 5.43 Å². The van der Waals surface area contributed by atoms with Crippen LogP contribution in [-0.4, -0.2) is 50.3 Å². The van der Waals surface area contributed by atoms with E-state index >= 15 is 0 Å². The molecule has 9 nitrogen and oxygen atoms in total. The fraction of sp³-hybridized carbons (Fsp3) is 0.265. The molecule has 0 saturated carbocycles. The summed E-state index contributed by atoms with van der Waals surface area (Å²) in [7, 11) is 0. The Balaban J connectivity index is 1.46. The van der Waals surface area contributed by atoms with Gasteiger partial charge in [0.1, 0.15) is 12.8 Å². The van der Waals surface area contributed by atoms with Crippen LogP contribution in [0.3, 0.4) is 0 Å². The van der Waals surface area contributed by atoms with Crippen molar-refractivity contribution >= 4 is 11.8 Å². The van der Waals surface area contributed by atoms with Gasteiger partial charge in [0.25, 0.3) is 11.8 Å². The number of aryl methyl sites for hydroxylation is 2. The lowest BCUT2D eigenvalue weighted by Gasteiger charge is -2.52. The quantitative estimate of drug-likeness (QED) is 0.392. The molecule has 3 heterocycles. The van der Waals surface area contributed by atoms with Crippen LogP contribution in [-0.2, 0) is 24.3 Å². The second kappa shape index (κ2) is 10.4. The van der Waals surface area contributed by atoms with Crippen molar-refractivity contribution in [3.05, 3.63) is 134 Å². The number of rotatable bonds is 4. The fourth-order valence-electron chi connectivity index (χ4n) is 6.74. The van der Waals surface area contributed by atoms with Crippen LogP contribution in [0.25, 0.3) is 0 Å². The predicted octanol–water partition coefficient (Wildman–Crippen LogP) is 4.16.